The van der Waals surface area contributed by atoms with E-state index in [1.54, 1.807) is 36.7 Å². The van der Waals surface area contributed by atoms with Crippen LogP contribution in [0.3, 0.4) is 0 Å². The van der Waals surface area contributed by atoms with Gasteiger partial charge in [-0.2, -0.15) is 0 Å². The van der Waals surface area contributed by atoms with Gasteiger partial charge >= 0.3 is 0 Å². The number of hydrogen-bond donors (Lipinski definition) is 2. The average Bonchev–Trinajstić information content (AvgIpc) is 2.53. The summed E-state index contributed by atoms with van der Waals surface area (Å²) >= 11 is 0. The number of anilines is 1. The van der Waals surface area contributed by atoms with Crippen molar-refractivity contribution in [3.8, 4) is 0 Å². The zero-order valence-corrected chi connectivity index (χ0v) is 13.5. The van der Waals surface area contributed by atoms with Crippen molar-refractivity contribution >= 4 is 17.5 Å². The van der Waals surface area contributed by atoms with Crippen LogP contribution in [-0.2, 0) is 4.79 Å². The van der Waals surface area contributed by atoms with Crippen molar-refractivity contribution in [3.05, 3.63) is 59.9 Å². The molecular weight excluding hydrogens is 290 g/mol. The van der Waals surface area contributed by atoms with E-state index in [-0.39, 0.29) is 17.7 Å². The van der Waals surface area contributed by atoms with Gasteiger partial charge in [0.05, 0.1) is 0 Å². The molecule has 0 saturated heterocycles. The van der Waals surface area contributed by atoms with Gasteiger partial charge in [-0.15, -0.1) is 0 Å². The number of benzene rings is 1. The summed E-state index contributed by atoms with van der Waals surface area (Å²) in [5, 5.41) is 5.60. The first-order chi connectivity index (χ1) is 11.0. The predicted molar refractivity (Wildman–Crippen MR) is 90.1 cm³/mol. The first kappa shape index (κ1) is 16.7. The Hall–Kier alpha value is -2.69. The van der Waals surface area contributed by atoms with E-state index in [9.17, 15) is 9.59 Å². The number of pyridine rings is 1. The molecule has 0 bridgehead atoms. The molecule has 0 aliphatic rings. The summed E-state index contributed by atoms with van der Waals surface area (Å²) in [5.74, 6) is -0.536. The maximum atomic E-state index is 12.4. The van der Waals surface area contributed by atoms with Crippen molar-refractivity contribution in [2.24, 2.45) is 5.92 Å². The van der Waals surface area contributed by atoms with E-state index in [4.69, 9.17) is 0 Å². The van der Waals surface area contributed by atoms with Crippen LogP contribution in [0.5, 0.6) is 0 Å². The van der Waals surface area contributed by atoms with Crippen LogP contribution in [0.4, 0.5) is 5.69 Å². The lowest BCUT2D eigenvalue weighted by molar-refractivity contribution is -0.118. The normalized spacial score (nSPS) is 11.8. The van der Waals surface area contributed by atoms with Crippen molar-refractivity contribution < 1.29 is 9.59 Å². The Morgan fingerprint density at radius 3 is 2.17 bits per heavy atom. The highest BCUT2D eigenvalue weighted by Crippen LogP contribution is 2.10. The molecule has 0 aliphatic carbocycles. The van der Waals surface area contributed by atoms with Gasteiger partial charge in [0.25, 0.3) is 5.91 Å². The van der Waals surface area contributed by atoms with E-state index in [0.29, 0.717) is 11.3 Å². The lowest BCUT2D eigenvalue weighted by atomic mass is 10.0. The van der Waals surface area contributed by atoms with Crippen LogP contribution in [0.2, 0.25) is 0 Å². The summed E-state index contributed by atoms with van der Waals surface area (Å²) in [6.07, 6.45) is 3.20. The fraction of sp³-hybridized carbons (Fsp3) is 0.278. The maximum Gasteiger partial charge on any atom is 0.251 e. The van der Waals surface area contributed by atoms with Crippen molar-refractivity contribution in [2.75, 3.05) is 5.32 Å². The van der Waals surface area contributed by atoms with E-state index >= 15 is 0 Å². The molecule has 1 aromatic carbocycles. The van der Waals surface area contributed by atoms with Crippen molar-refractivity contribution in [2.45, 2.75) is 26.8 Å². The van der Waals surface area contributed by atoms with Crippen molar-refractivity contribution in [1.82, 2.24) is 10.3 Å². The second-order valence-electron chi connectivity index (χ2n) is 5.79. The van der Waals surface area contributed by atoms with Crippen LogP contribution in [-0.4, -0.2) is 22.8 Å². The number of rotatable bonds is 5. The number of carbonyl (C=O) groups excluding carboxylic acids is 2. The minimum absolute atomic E-state index is 0.0359. The molecule has 5 heteroatoms. The quantitative estimate of drug-likeness (QED) is 0.892. The predicted octanol–water partition coefficient (Wildman–Crippen LogP) is 2.78. The third kappa shape index (κ3) is 4.64. The number of nitrogens with one attached hydrogen (secondary N) is 2. The molecule has 0 fully saturated rings. The van der Waals surface area contributed by atoms with Crippen LogP contribution in [0, 0.1) is 12.8 Å². The fourth-order valence-electron chi connectivity index (χ4n) is 2.12. The topological polar surface area (TPSA) is 71.1 Å². The van der Waals surface area contributed by atoms with Crippen LogP contribution < -0.4 is 10.6 Å². The second-order valence-corrected chi connectivity index (χ2v) is 5.79. The van der Waals surface area contributed by atoms with E-state index in [1.807, 2.05) is 32.9 Å². The monoisotopic (exact) mass is 311 g/mol. The summed E-state index contributed by atoms with van der Waals surface area (Å²) in [4.78, 5) is 28.7. The van der Waals surface area contributed by atoms with Crippen molar-refractivity contribution in [1.29, 1.82) is 0 Å². The van der Waals surface area contributed by atoms with Crippen LogP contribution >= 0.6 is 0 Å². The van der Waals surface area contributed by atoms with E-state index < -0.39 is 6.04 Å². The number of hydrogen-bond acceptors (Lipinski definition) is 3. The van der Waals surface area contributed by atoms with Gasteiger partial charge in [0.15, 0.2) is 0 Å². The molecule has 1 aromatic heterocycles. The molecule has 23 heavy (non-hydrogen) atoms. The Kier molecular flexibility index (Phi) is 5.46. The van der Waals surface area contributed by atoms with E-state index in [2.05, 4.69) is 15.6 Å². The molecule has 0 saturated carbocycles. The van der Waals surface area contributed by atoms with Crippen LogP contribution in [0.1, 0.15) is 29.8 Å². The third-order valence-corrected chi connectivity index (χ3v) is 3.50. The lowest BCUT2D eigenvalue weighted by Gasteiger charge is -2.21. The molecule has 1 heterocycles. The zero-order valence-electron chi connectivity index (χ0n) is 13.5. The molecule has 0 aliphatic heterocycles. The molecule has 2 rings (SSSR count). The highest BCUT2D eigenvalue weighted by atomic mass is 16.2. The minimum atomic E-state index is -0.614. The smallest absolute Gasteiger partial charge is 0.251 e. The van der Waals surface area contributed by atoms with E-state index in [1.165, 1.54) is 0 Å². The van der Waals surface area contributed by atoms with Crippen LogP contribution in [0.25, 0.3) is 0 Å². The molecule has 2 amide bonds. The fourth-order valence-corrected chi connectivity index (χ4v) is 2.12. The Morgan fingerprint density at radius 1 is 1.00 bits per heavy atom. The number of nitrogens with zero attached hydrogens (tertiary/aromatic N) is 1. The first-order valence-corrected chi connectivity index (χ1v) is 7.56. The number of carbonyl (C=O) groups is 2. The van der Waals surface area contributed by atoms with Gasteiger partial charge in [-0.1, -0.05) is 31.5 Å². The largest absolute Gasteiger partial charge is 0.340 e. The molecule has 1 atom stereocenters. The van der Waals surface area contributed by atoms with Gasteiger partial charge in [0.1, 0.15) is 6.04 Å². The Balaban J connectivity index is 2.07. The van der Waals surface area contributed by atoms with Gasteiger partial charge in [-0.25, -0.2) is 0 Å². The standard InChI is InChI=1S/C18H21N3O2/c1-12(2)16(18(23)20-15-8-10-19-11-9-15)21-17(22)14-6-4-13(3)5-7-14/h4-12,16H,1-3H3,(H,21,22)(H,19,20,23). The maximum absolute atomic E-state index is 12.4. The summed E-state index contributed by atoms with van der Waals surface area (Å²) in [5.41, 5.74) is 2.27. The van der Waals surface area contributed by atoms with Gasteiger partial charge < -0.3 is 10.6 Å². The molecule has 1 unspecified atom stereocenters. The highest BCUT2D eigenvalue weighted by molar-refractivity contribution is 6.01. The molecule has 0 radical (unpaired) electrons. The third-order valence-electron chi connectivity index (χ3n) is 3.50. The molecule has 0 spiro atoms. The Labute approximate surface area is 136 Å². The number of aryl methyl sites for hydroxylation is 1. The minimum Gasteiger partial charge on any atom is -0.340 e. The summed E-state index contributed by atoms with van der Waals surface area (Å²) in [7, 11) is 0. The molecule has 5 nitrogen and oxygen atoms in total. The molecular formula is C18H21N3O2. The molecule has 2 N–H and O–H groups in total. The number of aromatic nitrogens is 1. The lowest BCUT2D eigenvalue weighted by Crippen LogP contribution is -2.47. The Bertz CT molecular complexity index is 666. The molecule has 120 valence electrons. The SMILES string of the molecule is Cc1ccc(C(=O)NC(C(=O)Nc2ccncc2)C(C)C)cc1. The van der Waals surface area contributed by atoms with Gasteiger partial charge in [-0.05, 0) is 37.1 Å². The highest BCUT2D eigenvalue weighted by Gasteiger charge is 2.24. The van der Waals surface area contributed by atoms with Gasteiger partial charge in [-0.3, -0.25) is 14.6 Å². The van der Waals surface area contributed by atoms with Crippen LogP contribution in [0.15, 0.2) is 48.8 Å². The second kappa shape index (κ2) is 7.54. The van der Waals surface area contributed by atoms with Crippen molar-refractivity contribution in [3.63, 3.8) is 0 Å². The van der Waals surface area contributed by atoms with Gasteiger partial charge in [0, 0.05) is 23.6 Å². The molecule has 2 aromatic rings. The zero-order chi connectivity index (χ0) is 16.8. The average molecular weight is 311 g/mol. The summed E-state index contributed by atoms with van der Waals surface area (Å²) in [6.45, 7) is 5.75. The van der Waals surface area contributed by atoms with E-state index in [0.717, 1.165) is 5.56 Å². The van der Waals surface area contributed by atoms with Gasteiger partial charge in [0.2, 0.25) is 5.91 Å². The number of amides is 2. The Morgan fingerprint density at radius 2 is 1.61 bits per heavy atom. The summed E-state index contributed by atoms with van der Waals surface area (Å²) < 4.78 is 0. The summed E-state index contributed by atoms with van der Waals surface area (Å²) in [6, 6.07) is 10.0. The first-order valence-electron chi connectivity index (χ1n) is 7.56.